The highest BCUT2D eigenvalue weighted by molar-refractivity contribution is 5.76. The Labute approximate surface area is 133 Å². The normalized spacial score (nSPS) is 17.2. The van der Waals surface area contributed by atoms with Crippen molar-refractivity contribution >= 4 is 5.91 Å². The summed E-state index contributed by atoms with van der Waals surface area (Å²) in [5.74, 6) is 0.0970. The minimum absolute atomic E-state index is 0.0970. The van der Waals surface area contributed by atoms with Crippen LogP contribution in [-0.4, -0.2) is 57.2 Å². The summed E-state index contributed by atoms with van der Waals surface area (Å²) in [7, 11) is 1.86. The predicted octanol–water partition coefficient (Wildman–Crippen LogP) is 1.09. The average Bonchev–Trinajstić information content (AvgIpc) is 2.55. The molecule has 22 heavy (non-hydrogen) atoms. The molecule has 0 spiro atoms. The van der Waals surface area contributed by atoms with E-state index in [4.69, 9.17) is 4.74 Å². The van der Waals surface area contributed by atoms with E-state index >= 15 is 0 Å². The molecule has 1 aliphatic rings. The van der Waals surface area contributed by atoms with E-state index in [-0.39, 0.29) is 11.9 Å². The first-order valence-electron chi connectivity index (χ1n) is 8.00. The molecule has 1 aromatic carbocycles. The SMILES string of the molecule is CNCCC(=O)NCC(c1ccc(C)cc1)N1CCOCC1. The number of rotatable bonds is 7. The third-order valence-electron chi connectivity index (χ3n) is 4.04. The van der Waals surface area contributed by atoms with Gasteiger partial charge in [-0.3, -0.25) is 9.69 Å². The summed E-state index contributed by atoms with van der Waals surface area (Å²) < 4.78 is 5.45. The number of hydrogen-bond donors (Lipinski definition) is 2. The lowest BCUT2D eigenvalue weighted by atomic mass is 10.0. The number of carbonyl (C=O) groups is 1. The lowest BCUT2D eigenvalue weighted by Crippen LogP contribution is -2.44. The van der Waals surface area contributed by atoms with Gasteiger partial charge in [-0.1, -0.05) is 29.8 Å². The molecule has 122 valence electrons. The van der Waals surface area contributed by atoms with Gasteiger partial charge in [-0.2, -0.15) is 0 Å². The van der Waals surface area contributed by atoms with Gasteiger partial charge in [0, 0.05) is 32.6 Å². The van der Waals surface area contributed by atoms with Gasteiger partial charge in [0.15, 0.2) is 0 Å². The van der Waals surface area contributed by atoms with Crippen molar-refractivity contribution in [2.24, 2.45) is 0 Å². The average molecular weight is 305 g/mol. The van der Waals surface area contributed by atoms with Crippen LogP contribution in [-0.2, 0) is 9.53 Å². The van der Waals surface area contributed by atoms with Crippen LogP contribution in [0.4, 0.5) is 0 Å². The molecule has 1 aliphatic heterocycles. The molecule has 1 heterocycles. The fraction of sp³-hybridized carbons (Fsp3) is 0.588. The maximum atomic E-state index is 11.9. The molecule has 2 N–H and O–H groups in total. The molecular formula is C17H27N3O2. The Morgan fingerprint density at radius 1 is 1.27 bits per heavy atom. The van der Waals surface area contributed by atoms with Gasteiger partial charge >= 0.3 is 0 Å². The molecule has 5 nitrogen and oxygen atoms in total. The topological polar surface area (TPSA) is 53.6 Å². The van der Waals surface area contributed by atoms with Crippen LogP contribution in [0.1, 0.15) is 23.6 Å². The number of ether oxygens (including phenoxy) is 1. The van der Waals surface area contributed by atoms with E-state index in [0.29, 0.717) is 19.5 Å². The zero-order valence-electron chi connectivity index (χ0n) is 13.6. The molecule has 0 saturated carbocycles. The lowest BCUT2D eigenvalue weighted by Gasteiger charge is -2.35. The van der Waals surface area contributed by atoms with Crippen molar-refractivity contribution < 1.29 is 9.53 Å². The molecule has 1 saturated heterocycles. The van der Waals surface area contributed by atoms with Crippen LogP contribution in [0, 0.1) is 6.92 Å². The summed E-state index contributed by atoms with van der Waals surface area (Å²) in [5, 5.41) is 6.07. The van der Waals surface area contributed by atoms with E-state index < -0.39 is 0 Å². The van der Waals surface area contributed by atoms with E-state index in [0.717, 1.165) is 26.3 Å². The molecule has 1 fully saturated rings. The van der Waals surface area contributed by atoms with Gasteiger partial charge in [0.25, 0.3) is 0 Å². The van der Waals surface area contributed by atoms with Crippen molar-refractivity contribution in [2.75, 3.05) is 46.4 Å². The van der Waals surface area contributed by atoms with Crippen LogP contribution < -0.4 is 10.6 Å². The van der Waals surface area contributed by atoms with E-state index in [9.17, 15) is 4.79 Å². The summed E-state index contributed by atoms with van der Waals surface area (Å²) in [4.78, 5) is 14.3. The van der Waals surface area contributed by atoms with Gasteiger partial charge in [-0.15, -0.1) is 0 Å². The van der Waals surface area contributed by atoms with Crippen LogP contribution in [0.3, 0.4) is 0 Å². The summed E-state index contributed by atoms with van der Waals surface area (Å²) in [6.07, 6.45) is 0.514. The number of carbonyl (C=O) groups excluding carboxylic acids is 1. The number of nitrogens with one attached hydrogen (secondary N) is 2. The Hall–Kier alpha value is -1.43. The van der Waals surface area contributed by atoms with Crippen LogP contribution in [0.25, 0.3) is 0 Å². The second-order valence-corrected chi connectivity index (χ2v) is 5.73. The Balaban J connectivity index is 2.01. The van der Waals surface area contributed by atoms with Gasteiger partial charge in [0.05, 0.1) is 19.3 Å². The van der Waals surface area contributed by atoms with Crippen molar-refractivity contribution in [3.63, 3.8) is 0 Å². The first-order valence-corrected chi connectivity index (χ1v) is 8.00. The highest BCUT2D eigenvalue weighted by atomic mass is 16.5. The van der Waals surface area contributed by atoms with Crippen molar-refractivity contribution in [3.05, 3.63) is 35.4 Å². The largest absolute Gasteiger partial charge is 0.379 e. The molecule has 0 aliphatic carbocycles. The molecule has 5 heteroatoms. The molecule has 1 amide bonds. The lowest BCUT2D eigenvalue weighted by molar-refractivity contribution is -0.121. The molecular weight excluding hydrogens is 278 g/mol. The van der Waals surface area contributed by atoms with E-state index in [1.807, 2.05) is 7.05 Å². The minimum atomic E-state index is 0.0970. The molecule has 1 unspecified atom stereocenters. The number of benzene rings is 1. The smallest absolute Gasteiger partial charge is 0.221 e. The molecule has 2 rings (SSSR count). The van der Waals surface area contributed by atoms with Crippen molar-refractivity contribution in [1.82, 2.24) is 15.5 Å². The van der Waals surface area contributed by atoms with Crippen LogP contribution in [0.15, 0.2) is 24.3 Å². The Morgan fingerprint density at radius 2 is 1.95 bits per heavy atom. The van der Waals surface area contributed by atoms with E-state index in [2.05, 4.69) is 46.7 Å². The van der Waals surface area contributed by atoms with Gasteiger partial charge in [-0.05, 0) is 19.5 Å². The van der Waals surface area contributed by atoms with Gasteiger partial charge in [0.2, 0.25) is 5.91 Å². The third-order valence-corrected chi connectivity index (χ3v) is 4.04. The van der Waals surface area contributed by atoms with Crippen LogP contribution in [0.5, 0.6) is 0 Å². The zero-order chi connectivity index (χ0) is 15.8. The number of morpholine rings is 1. The second-order valence-electron chi connectivity index (χ2n) is 5.73. The quantitative estimate of drug-likeness (QED) is 0.792. The monoisotopic (exact) mass is 305 g/mol. The van der Waals surface area contributed by atoms with Gasteiger partial charge < -0.3 is 15.4 Å². The van der Waals surface area contributed by atoms with Crippen molar-refractivity contribution in [1.29, 1.82) is 0 Å². The van der Waals surface area contributed by atoms with Crippen LogP contribution in [0.2, 0.25) is 0 Å². The van der Waals surface area contributed by atoms with E-state index in [1.165, 1.54) is 11.1 Å². The first kappa shape index (κ1) is 16.9. The Kier molecular flexibility index (Phi) is 6.83. The van der Waals surface area contributed by atoms with Crippen LogP contribution >= 0.6 is 0 Å². The fourth-order valence-corrected chi connectivity index (χ4v) is 2.67. The Morgan fingerprint density at radius 3 is 2.59 bits per heavy atom. The summed E-state index contributed by atoms with van der Waals surface area (Å²) in [6.45, 7) is 6.78. The zero-order valence-corrected chi connectivity index (χ0v) is 13.6. The molecule has 1 atom stereocenters. The summed E-state index contributed by atoms with van der Waals surface area (Å²) >= 11 is 0. The summed E-state index contributed by atoms with van der Waals surface area (Å²) in [5.41, 5.74) is 2.50. The highest BCUT2D eigenvalue weighted by Crippen LogP contribution is 2.21. The predicted molar refractivity (Wildman–Crippen MR) is 87.9 cm³/mol. The second kappa shape index (κ2) is 8.88. The van der Waals surface area contributed by atoms with Gasteiger partial charge in [0.1, 0.15) is 0 Å². The maximum Gasteiger partial charge on any atom is 0.221 e. The number of hydrogen-bond acceptors (Lipinski definition) is 4. The fourth-order valence-electron chi connectivity index (χ4n) is 2.67. The molecule has 0 aromatic heterocycles. The number of amides is 1. The third kappa shape index (κ3) is 5.09. The number of nitrogens with zero attached hydrogens (tertiary/aromatic N) is 1. The maximum absolute atomic E-state index is 11.9. The molecule has 0 radical (unpaired) electrons. The standard InChI is InChI=1S/C17H27N3O2/c1-14-3-5-15(6-4-14)16(20-9-11-22-12-10-20)13-19-17(21)7-8-18-2/h3-6,16,18H,7-13H2,1-2H3,(H,19,21). The van der Waals surface area contributed by atoms with Gasteiger partial charge in [-0.25, -0.2) is 0 Å². The molecule has 1 aromatic rings. The first-order chi connectivity index (χ1) is 10.7. The summed E-state index contributed by atoms with van der Waals surface area (Å²) in [6, 6.07) is 8.80. The number of aryl methyl sites for hydroxylation is 1. The van der Waals surface area contributed by atoms with E-state index in [1.54, 1.807) is 0 Å². The molecule has 0 bridgehead atoms. The van der Waals surface area contributed by atoms with Crippen molar-refractivity contribution in [2.45, 2.75) is 19.4 Å². The van der Waals surface area contributed by atoms with Crippen molar-refractivity contribution in [3.8, 4) is 0 Å². The highest BCUT2D eigenvalue weighted by Gasteiger charge is 2.23. The Bertz CT molecular complexity index is 455. The minimum Gasteiger partial charge on any atom is -0.379 e.